The molecule has 18 heavy (non-hydrogen) atoms. The zero-order valence-corrected chi connectivity index (χ0v) is 12.0. The van der Waals surface area contributed by atoms with E-state index in [0.29, 0.717) is 5.02 Å². The van der Waals surface area contributed by atoms with E-state index in [1.54, 1.807) is 0 Å². The van der Waals surface area contributed by atoms with Crippen LogP contribution in [0, 0.1) is 0 Å². The molecule has 1 rings (SSSR count). The molecule has 0 radical (unpaired) electrons. The quantitative estimate of drug-likeness (QED) is 0.785. The Bertz CT molecular complexity index is 540. The molecule has 0 bridgehead atoms. The Balaban J connectivity index is 2.74. The lowest BCUT2D eigenvalue weighted by Crippen LogP contribution is -2.09. The number of carbonyl (C=O) groups excluding carboxylic acids is 1. The molecule has 4 nitrogen and oxygen atoms in total. The Labute approximate surface area is 116 Å². The summed E-state index contributed by atoms with van der Waals surface area (Å²) in [6.07, 6.45) is 0.270. The molecule has 1 aromatic carbocycles. The molecular weight excluding hydrogens is 299 g/mol. The highest BCUT2D eigenvalue weighted by atomic mass is 35.5. The summed E-state index contributed by atoms with van der Waals surface area (Å²) in [5, 5.41) is 0.482. The van der Waals surface area contributed by atoms with Crippen molar-refractivity contribution < 1.29 is 17.9 Å². The molecule has 0 unspecified atom stereocenters. The highest BCUT2D eigenvalue weighted by molar-refractivity contribution is 7.91. The van der Waals surface area contributed by atoms with Gasteiger partial charge in [0.05, 0.1) is 27.8 Å². The van der Waals surface area contributed by atoms with Crippen molar-refractivity contribution in [1.82, 2.24) is 0 Å². The third-order valence-electron chi connectivity index (χ3n) is 2.27. The second-order valence-corrected chi connectivity index (χ2v) is 6.50. The van der Waals surface area contributed by atoms with Crippen molar-refractivity contribution in [3.63, 3.8) is 0 Å². The summed E-state index contributed by atoms with van der Waals surface area (Å²) in [6, 6.07) is 4.12. The molecule has 0 saturated heterocycles. The highest BCUT2D eigenvalue weighted by Crippen LogP contribution is 2.25. The molecule has 0 saturated carbocycles. The van der Waals surface area contributed by atoms with Gasteiger partial charge in [-0.3, -0.25) is 4.79 Å². The number of esters is 1. The molecule has 1 aromatic rings. The first-order valence-electron chi connectivity index (χ1n) is 5.11. The van der Waals surface area contributed by atoms with Gasteiger partial charge in [-0.05, 0) is 24.6 Å². The third kappa shape index (κ3) is 4.15. The molecule has 0 N–H and O–H groups in total. The van der Waals surface area contributed by atoms with E-state index in [9.17, 15) is 13.2 Å². The smallest absolute Gasteiger partial charge is 0.305 e. The van der Waals surface area contributed by atoms with Gasteiger partial charge >= 0.3 is 5.97 Å². The van der Waals surface area contributed by atoms with Crippen molar-refractivity contribution in [1.29, 1.82) is 0 Å². The van der Waals surface area contributed by atoms with Crippen molar-refractivity contribution in [2.24, 2.45) is 0 Å². The molecule has 0 aliphatic heterocycles. The Kier molecular flexibility index (Phi) is 5.44. The summed E-state index contributed by atoms with van der Waals surface area (Å²) in [7, 11) is -2.19. The summed E-state index contributed by atoms with van der Waals surface area (Å²) in [6.45, 7) is 0. The van der Waals surface area contributed by atoms with Crippen LogP contribution in [-0.2, 0) is 19.4 Å². The van der Waals surface area contributed by atoms with E-state index in [1.165, 1.54) is 25.3 Å². The number of hydrogen-bond donors (Lipinski definition) is 0. The van der Waals surface area contributed by atoms with Crippen LogP contribution in [0.15, 0.2) is 23.1 Å². The second kappa shape index (κ2) is 6.41. The van der Waals surface area contributed by atoms with Gasteiger partial charge in [0.2, 0.25) is 0 Å². The van der Waals surface area contributed by atoms with Crippen molar-refractivity contribution in [3.8, 4) is 0 Å². The Morgan fingerprint density at radius 2 is 1.94 bits per heavy atom. The van der Waals surface area contributed by atoms with Crippen molar-refractivity contribution in [3.05, 3.63) is 28.2 Å². The average Bonchev–Trinajstić information content (AvgIpc) is 2.32. The number of sulfone groups is 1. The van der Waals surface area contributed by atoms with Crippen LogP contribution in [0.2, 0.25) is 10.0 Å². The molecule has 0 atom stereocenters. The maximum absolute atomic E-state index is 11.9. The van der Waals surface area contributed by atoms with Crippen LogP contribution in [0.4, 0.5) is 0 Å². The Morgan fingerprint density at radius 3 is 2.50 bits per heavy atom. The maximum atomic E-state index is 11.9. The summed E-state index contributed by atoms with van der Waals surface area (Å²) in [4.78, 5) is 11.0. The number of methoxy groups -OCH3 is 1. The number of benzene rings is 1. The molecule has 100 valence electrons. The molecule has 0 aliphatic rings. The SMILES string of the molecule is COC(=O)CCCS(=O)(=O)c1ccc(Cl)c(Cl)c1. The van der Waals surface area contributed by atoms with E-state index >= 15 is 0 Å². The van der Waals surface area contributed by atoms with Gasteiger partial charge in [0.15, 0.2) is 9.84 Å². The lowest BCUT2D eigenvalue weighted by molar-refractivity contribution is -0.140. The summed E-state index contributed by atoms with van der Waals surface area (Å²) < 4.78 is 28.3. The molecule has 0 amide bonds. The maximum Gasteiger partial charge on any atom is 0.305 e. The largest absolute Gasteiger partial charge is 0.469 e. The number of halogens is 2. The van der Waals surface area contributed by atoms with Gasteiger partial charge in [-0.25, -0.2) is 8.42 Å². The van der Waals surface area contributed by atoms with E-state index in [4.69, 9.17) is 23.2 Å². The van der Waals surface area contributed by atoms with Crippen LogP contribution in [0.1, 0.15) is 12.8 Å². The summed E-state index contributed by atoms with van der Waals surface area (Å²) in [5.41, 5.74) is 0. The number of carbonyl (C=O) groups is 1. The average molecular weight is 311 g/mol. The number of rotatable bonds is 5. The standard InChI is InChI=1S/C11H12Cl2O4S/c1-17-11(14)3-2-6-18(15,16)8-4-5-9(12)10(13)7-8/h4-5,7H,2-3,6H2,1H3. The monoisotopic (exact) mass is 310 g/mol. The normalized spacial score (nSPS) is 11.3. The van der Waals surface area contributed by atoms with Crippen LogP contribution in [0.25, 0.3) is 0 Å². The summed E-state index contributed by atoms with van der Waals surface area (Å²) in [5.74, 6) is -0.570. The number of hydrogen-bond acceptors (Lipinski definition) is 4. The van der Waals surface area contributed by atoms with E-state index in [0.717, 1.165) is 0 Å². The van der Waals surface area contributed by atoms with E-state index in [2.05, 4.69) is 4.74 Å². The van der Waals surface area contributed by atoms with Gasteiger partial charge in [-0.15, -0.1) is 0 Å². The van der Waals surface area contributed by atoms with Gasteiger partial charge in [0.25, 0.3) is 0 Å². The van der Waals surface area contributed by atoms with Gasteiger partial charge < -0.3 is 4.74 Å². The van der Waals surface area contributed by atoms with E-state index in [1.807, 2.05) is 0 Å². The molecular formula is C11H12Cl2O4S. The molecule has 0 fully saturated rings. The first-order valence-corrected chi connectivity index (χ1v) is 7.52. The van der Waals surface area contributed by atoms with Crippen LogP contribution < -0.4 is 0 Å². The third-order valence-corrected chi connectivity index (χ3v) is 4.81. The van der Waals surface area contributed by atoms with E-state index < -0.39 is 15.8 Å². The fourth-order valence-corrected chi connectivity index (χ4v) is 2.99. The van der Waals surface area contributed by atoms with Gasteiger partial charge in [-0.1, -0.05) is 23.2 Å². The molecule has 7 heteroatoms. The highest BCUT2D eigenvalue weighted by Gasteiger charge is 2.16. The first-order chi connectivity index (χ1) is 8.36. The Morgan fingerprint density at radius 1 is 1.28 bits per heavy atom. The molecule has 0 heterocycles. The minimum atomic E-state index is -3.45. The second-order valence-electron chi connectivity index (χ2n) is 3.57. The minimum Gasteiger partial charge on any atom is -0.469 e. The predicted octanol–water partition coefficient (Wildman–Crippen LogP) is 2.72. The fraction of sp³-hybridized carbons (Fsp3) is 0.364. The lowest BCUT2D eigenvalue weighted by Gasteiger charge is -2.05. The lowest BCUT2D eigenvalue weighted by atomic mass is 10.3. The Hall–Kier alpha value is -0.780. The first kappa shape index (κ1) is 15.3. The molecule has 0 aromatic heterocycles. The molecule has 0 spiro atoms. The van der Waals surface area contributed by atoms with Crippen molar-refractivity contribution in [2.75, 3.05) is 12.9 Å². The van der Waals surface area contributed by atoms with Crippen LogP contribution >= 0.6 is 23.2 Å². The predicted molar refractivity (Wildman–Crippen MR) is 69.8 cm³/mol. The van der Waals surface area contributed by atoms with Crippen molar-refractivity contribution in [2.45, 2.75) is 17.7 Å². The topological polar surface area (TPSA) is 60.4 Å². The number of ether oxygens (including phenoxy) is 1. The molecule has 0 aliphatic carbocycles. The minimum absolute atomic E-state index is 0.0665. The van der Waals surface area contributed by atoms with Crippen LogP contribution in [0.5, 0.6) is 0 Å². The van der Waals surface area contributed by atoms with Crippen LogP contribution in [-0.4, -0.2) is 27.2 Å². The van der Waals surface area contributed by atoms with E-state index in [-0.39, 0.29) is 28.5 Å². The zero-order chi connectivity index (χ0) is 13.8. The van der Waals surface area contributed by atoms with Gasteiger partial charge in [-0.2, -0.15) is 0 Å². The summed E-state index contributed by atoms with van der Waals surface area (Å²) >= 11 is 11.5. The zero-order valence-electron chi connectivity index (χ0n) is 9.65. The van der Waals surface area contributed by atoms with Gasteiger partial charge in [0, 0.05) is 6.42 Å². The van der Waals surface area contributed by atoms with Gasteiger partial charge in [0.1, 0.15) is 0 Å². The van der Waals surface area contributed by atoms with Crippen LogP contribution in [0.3, 0.4) is 0 Å². The fourth-order valence-electron chi connectivity index (χ4n) is 1.30. The van der Waals surface area contributed by atoms with Crippen molar-refractivity contribution >= 4 is 39.0 Å².